The van der Waals surface area contributed by atoms with Crippen LogP contribution in [0.15, 0.2) is 10.1 Å². The first-order chi connectivity index (χ1) is 10.7. The standard InChI is InChI=1S/C14H22N4O5/c1-14(2,3)23-13(22)10(8-12(20)21)9-16-11(19)6-4-5-7-17-18-15/h9-10H,4-8H2,1-3H3,(H,20,21). The van der Waals surface area contributed by atoms with Crippen molar-refractivity contribution in [2.24, 2.45) is 16.0 Å². The molecule has 0 radical (unpaired) electrons. The minimum atomic E-state index is -1.19. The van der Waals surface area contributed by atoms with Crippen LogP contribution in [0.4, 0.5) is 0 Å². The van der Waals surface area contributed by atoms with Crippen LogP contribution in [0.1, 0.15) is 46.5 Å². The Labute approximate surface area is 134 Å². The van der Waals surface area contributed by atoms with Crippen LogP contribution in [-0.4, -0.2) is 41.3 Å². The number of unbranched alkanes of at least 4 members (excludes halogenated alkanes) is 1. The Bertz CT molecular complexity index is 504. The van der Waals surface area contributed by atoms with Crippen molar-refractivity contribution >= 4 is 24.1 Å². The third-order valence-corrected chi connectivity index (χ3v) is 2.46. The molecule has 0 aliphatic carbocycles. The van der Waals surface area contributed by atoms with Gasteiger partial charge in [0.05, 0.1) is 6.42 Å². The molecule has 1 amide bonds. The van der Waals surface area contributed by atoms with Gasteiger partial charge in [0.15, 0.2) is 0 Å². The summed E-state index contributed by atoms with van der Waals surface area (Å²) in [5.41, 5.74) is 7.34. The van der Waals surface area contributed by atoms with Crippen LogP contribution in [0.2, 0.25) is 0 Å². The van der Waals surface area contributed by atoms with Crippen molar-refractivity contribution < 1.29 is 24.2 Å². The van der Waals surface area contributed by atoms with E-state index in [2.05, 4.69) is 15.0 Å². The van der Waals surface area contributed by atoms with Crippen LogP contribution >= 0.6 is 0 Å². The van der Waals surface area contributed by atoms with Crippen molar-refractivity contribution in [3.05, 3.63) is 10.4 Å². The van der Waals surface area contributed by atoms with Gasteiger partial charge in [-0.1, -0.05) is 5.11 Å². The van der Waals surface area contributed by atoms with Crippen molar-refractivity contribution in [1.29, 1.82) is 0 Å². The number of aliphatic imine (C=N–C) groups is 1. The van der Waals surface area contributed by atoms with Crippen LogP contribution in [0.3, 0.4) is 0 Å². The van der Waals surface area contributed by atoms with Gasteiger partial charge in [0.2, 0.25) is 5.91 Å². The van der Waals surface area contributed by atoms with Gasteiger partial charge in [-0.3, -0.25) is 14.4 Å². The number of carbonyl (C=O) groups excluding carboxylic acids is 2. The highest BCUT2D eigenvalue weighted by Crippen LogP contribution is 2.13. The molecule has 0 aromatic rings. The molecule has 0 rings (SSSR count). The minimum Gasteiger partial charge on any atom is -0.481 e. The molecule has 0 bridgehead atoms. The van der Waals surface area contributed by atoms with Crippen molar-refractivity contribution in [2.75, 3.05) is 6.54 Å². The van der Waals surface area contributed by atoms with Crippen molar-refractivity contribution in [3.8, 4) is 0 Å². The predicted octanol–water partition coefficient (Wildman–Crippen LogP) is 2.50. The zero-order valence-electron chi connectivity index (χ0n) is 13.6. The Hall–Kier alpha value is -2.41. The Balaban J connectivity index is 4.56. The summed E-state index contributed by atoms with van der Waals surface area (Å²) < 4.78 is 5.11. The fourth-order valence-electron chi connectivity index (χ4n) is 1.50. The zero-order chi connectivity index (χ0) is 17.9. The maximum atomic E-state index is 11.9. The number of esters is 1. The van der Waals surface area contributed by atoms with E-state index < -0.39 is 35.8 Å². The van der Waals surface area contributed by atoms with Crippen molar-refractivity contribution in [1.82, 2.24) is 0 Å². The number of carboxylic acid groups (broad SMARTS) is 1. The van der Waals surface area contributed by atoms with Gasteiger partial charge in [-0.25, -0.2) is 4.99 Å². The SMILES string of the molecule is CC(C)(C)OC(=O)C(C=NC(=O)CCCCN=[N+]=[N-])CC(=O)O. The average molecular weight is 326 g/mol. The molecule has 1 atom stereocenters. The van der Waals surface area contributed by atoms with E-state index >= 15 is 0 Å². The number of nitrogens with zero attached hydrogens (tertiary/aromatic N) is 4. The van der Waals surface area contributed by atoms with Gasteiger partial charge in [-0.2, -0.15) is 0 Å². The molecule has 128 valence electrons. The zero-order valence-corrected chi connectivity index (χ0v) is 13.6. The molecule has 1 N–H and O–H groups in total. The molecule has 0 heterocycles. The van der Waals surface area contributed by atoms with Gasteiger partial charge in [0, 0.05) is 24.1 Å². The van der Waals surface area contributed by atoms with Crippen molar-refractivity contribution in [3.63, 3.8) is 0 Å². The smallest absolute Gasteiger partial charge is 0.315 e. The second kappa shape index (κ2) is 10.3. The summed E-state index contributed by atoms with van der Waals surface area (Å²) >= 11 is 0. The average Bonchev–Trinajstić information content (AvgIpc) is 2.40. The lowest BCUT2D eigenvalue weighted by Gasteiger charge is -2.21. The largest absolute Gasteiger partial charge is 0.481 e. The van der Waals surface area contributed by atoms with Crippen LogP contribution in [-0.2, 0) is 19.1 Å². The van der Waals surface area contributed by atoms with E-state index in [1.807, 2.05) is 0 Å². The summed E-state index contributed by atoms with van der Waals surface area (Å²) in [6, 6.07) is 0. The molecule has 0 aliphatic heterocycles. The normalized spacial score (nSPS) is 12.5. The molecule has 0 aromatic carbocycles. The summed E-state index contributed by atoms with van der Waals surface area (Å²) in [5, 5.41) is 12.2. The number of hydrogen-bond donors (Lipinski definition) is 1. The van der Waals surface area contributed by atoms with Gasteiger partial charge < -0.3 is 9.84 Å². The molecule has 0 spiro atoms. The van der Waals surface area contributed by atoms with Crippen LogP contribution in [0.5, 0.6) is 0 Å². The first-order valence-electron chi connectivity index (χ1n) is 7.18. The molecule has 0 aliphatic rings. The number of hydrogen-bond acceptors (Lipinski definition) is 5. The number of ether oxygens (including phenoxy) is 1. The third-order valence-electron chi connectivity index (χ3n) is 2.46. The summed E-state index contributed by atoms with van der Waals surface area (Å²) in [6.07, 6.45) is 1.70. The van der Waals surface area contributed by atoms with Gasteiger partial charge >= 0.3 is 11.9 Å². The van der Waals surface area contributed by atoms with E-state index in [9.17, 15) is 14.4 Å². The molecule has 23 heavy (non-hydrogen) atoms. The highest BCUT2D eigenvalue weighted by molar-refractivity contribution is 5.97. The maximum absolute atomic E-state index is 11.9. The number of rotatable bonds is 9. The number of carbonyl (C=O) groups is 3. The highest BCUT2D eigenvalue weighted by Gasteiger charge is 2.26. The van der Waals surface area contributed by atoms with E-state index in [-0.39, 0.29) is 6.42 Å². The Morgan fingerprint density at radius 2 is 1.96 bits per heavy atom. The van der Waals surface area contributed by atoms with Gasteiger partial charge in [0.25, 0.3) is 0 Å². The summed E-state index contributed by atoms with van der Waals surface area (Å²) in [4.78, 5) is 40.5. The predicted molar refractivity (Wildman–Crippen MR) is 83.0 cm³/mol. The second-order valence-electron chi connectivity index (χ2n) is 5.82. The van der Waals surface area contributed by atoms with Crippen LogP contribution in [0.25, 0.3) is 10.4 Å². The maximum Gasteiger partial charge on any atom is 0.315 e. The number of azide groups is 1. The lowest BCUT2D eigenvalue weighted by atomic mass is 10.1. The number of amides is 1. The molecule has 9 heteroatoms. The topological polar surface area (TPSA) is 142 Å². The molecular weight excluding hydrogens is 304 g/mol. The lowest BCUT2D eigenvalue weighted by molar-refractivity contribution is -0.159. The van der Waals surface area contributed by atoms with E-state index in [4.69, 9.17) is 15.4 Å². The van der Waals surface area contributed by atoms with E-state index in [0.717, 1.165) is 6.21 Å². The number of aliphatic carboxylic acids is 1. The molecule has 1 unspecified atom stereocenters. The van der Waals surface area contributed by atoms with Crippen molar-refractivity contribution in [2.45, 2.75) is 52.1 Å². The minimum absolute atomic E-state index is 0.131. The Morgan fingerprint density at radius 3 is 2.48 bits per heavy atom. The van der Waals surface area contributed by atoms with Gasteiger partial charge in [-0.15, -0.1) is 0 Å². The second-order valence-corrected chi connectivity index (χ2v) is 5.82. The quantitative estimate of drug-likeness (QED) is 0.173. The molecule has 0 aromatic heterocycles. The van der Waals surface area contributed by atoms with Crippen LogP contribution in [0, 0.1) is 5.92 Å². The monoisotopic (exact) mass is 326 g/mol. The molecule has 0 fully saturated rings. The van der Waals surface area contributed by atoms with Gasteiger partial charge in [0.1, 0.15) is 11.5 Å². The number of carboxylic acids is 1. The molecule has 0 saturated heterocycles. The van der Waals surface area contributed by atoms with E-state index in [1.54, 1.807) is 20.8 Å². The fourth-order valence-corrected chi connectivity index (χ4v) is 1.50. The Kier molecular flexibility index (Phi) is 9.26. The molecule has 9 nitrogen and oxygen atoms in total. The Morgan fingerprint density at radius 1 is 1.30 bits per heavy atom. The molecular formula is C14H22N4O5. The summed E-state index contributed by atoms with van der Waals surface area (Å²) in [7, 11) is 0. The lowest BCUT2D eigenvalue weighted by Crippen LogP contribution is -2.30. The van der Waals surface area contributed by atoms with Crippen LogP contribution < -0.4 is 0 Å². The molecule has 0 saturated carbocycles. The highest BCUT2D eigenvalue weighted by atomic mass is 16.6. The van der Waals surface area contributed by atoms with Gasteiger partial charge in [-0.05, 0) is 39.1 Å². The van der Waals surface area contributed by atoms with E-state index in [1.165, 1.54) is 0 Å². The summed E-state index contributed by atoms with van der Waals surface area (Å²) in [6.45, 7) is 5.28. The summed E-state index contributed by atoms with van der Waals surface area (Å²) in [5.74, 6) is -3.50. The first kappa shape index (κ1) is 20.6. The fraction of sp³-hybridized carbons (Fsp3) is 0.714. The first-order valence-corrected chi connectivity index (χ1v) is 7.18. The third kappa shape index (κ3) is 11.9. The van der Waals surface area contributed by atoms with E-state index in [0.29, 0.717) is 19.4 Å².